The number of carbonyl (C=O) groups excluding carboxylic acids is 1. The molecule has 1 rings (SSSR count). The van der Waals surface area contributed by atoms with Crippen molar-refractivity contribution in [2.24, 2.45) is 0 Å². The molecule has 5 heteroatoms. The van der Waals surface area contributed by atoms with Crippen LogP contribution in [0.3, 0.4) is 0 Å². The zero-order chi connectivity index (χ0) is 9.90. The van der Waals surface area contributed by atoms with E-state index in [1.807, 2.05) is 0 Å². The van der Waals surface area contributed by atoms with E-state index in [-0.39, 0.29) is 18.4 Å². The highest BCUT2D eigenvalue weighted by Gasteiger charge is 2.32. The maximum Gasteiger partial charge on any atom is 0.237 e. The molecule has 0 aromatic heterocycles. The number of carbonyl (C=O) groups is 1. The minimum Gasteiger partial charge on any atom is -0.393 e. The molecule has 0 aliphatic carbocycles. The first-order chi connectivity index (χ1) is 6.11. The fraction of sp³-hybridized carbons (Fsp3) is 0.875. The minimum atomic E-state index is -0.997. The summed E-state index contributed by atoms with van der Waals surface area (Å²) in [6.07, 6.45) is 0.845. The summed E-state index contributed by atoms with van der Waals surface area (Å²) in [6, 6.07) is 0. The van der Waals surface area contributed by atoms with Crippen LogP contribution in [0, 0.1) is 0 Å². The van der Waals surface area contributed by atoms with Crippen molar-refractivity contribution >= 4 is 17.5 Å². The number of aliphatic hydroxyl groups excluding tert-OH is 1. The van der Waals surface area contributed by atoms with Crippen LogP contribution in [0.1, 0.15) is 12.8 Å². The third-order valence-corrected chi connectivity index (χ3v) is 2.68. The van der Waals surface area contributed by atoms with Crippen molar-refractivity contribution in [3.63, 3.8) is 0 Å². The summed E-state index contributed by atoms with van der Waals surface area (Å²) in [5, 5.41) is 18.5. The van der Waals surface area contributed by atoms with Crippen LogP contribution in [-0.2, 0) is 4.79 Å². The van der Waals surface area contributed by atoms with Gasteiger partial charge >= 0.3 is 0 Å². The Hall–Kier alpha value is -0.320. The molecule has 1 aliphatic heterocycles. The van der Waals surface area contributed by atoms with Crippen molar-refractivity contribution in [3.05, 3.63) is 0 Å². The summed E-state index contributed by atoms with van der Waals surface area (Å²) in [5.41, 5.74) is -0.997. The van der Waals surface area contributed by atoms with Gasteiger partial charge in [0.25, 0.3) is 0 Å². The summed E-state index contributed by atoms with van der Waals surface area (Å²) in [6.45, 7) is 0.709. The molecular weight excluding hydrogens is 194 g/mol. The smallest absolute Gasteiger partial charge is 0.237 e. The molecule has 0 radical (unpaired) electrons. The van der Waals surface area contributed by atoms with E-state index in [1.54, 1.807) is 4.90 Å². The number of rotatable bonds is 2. The topological polar surface area (TPSA) is 60.8 Å². The standard InChI is InChI=1S/C8H14ClNO3/c9-5-7(12)10-3-1-8(13,6-11)2-4-10/h11,13H,1-6H2. The first-order valence-electron chi connectivity index (χ1n) is 4.28. The molecule has 0 bridgehead atoms. The Morgan fingerprint density at radius 3 is 2.38 bits per heavy atom. The van der Waals surface area contributed by atoms with Gasteiger partial charge in [-0.2, -0.15) is 0 Å². The van der Waals surface area contributed by atoms with E-state index in [0.29, 0.717) is 25.9 Å². The molecule has 1 heterocycles. The molecule has 0 aromatic carbocycles. The monoisotopic (exact) mass is 207 g/mol. The van der Waals surface area contributed by atoms with Crippen molar-refractivity contribution in [1.82, 2.24) is 4.90 Å². The van der Waals surface area contributed by atoms with Crippen LogP contribution in [0.5, 0.6) is 0 Å². The first-order valence-corrected chi connectivity index (χ1v) is 4.82. The number of nitrogens with zero attached hydrogens (tertiary/aromatic N) is 1. The molecule has 76 valence electrons. The van der Waals surface area contributed by atoms with Gasteiger partial charge in [-0.3, -0.25) is 4.79 Å². The zero-order valence-electron chi connectivity index (χ0n) is 7.37. The molecule has 1 aliphatic rings. The highest BCUT2D eigenvalue weighted by Crippen LogP contribution is 2.21. The number of amides is 1. The van der Waals surface area contributed by atoms with Crippen LogP contribution in [-0.4, -0.2) is 52.2 Å². The van der Waals surface area contributed by atoms with Gasteiger partial charge in [0.15, 0.2) is 0 Å². The number of aliphatic hydroxyl groups is 2. The van der Waals surface area contributed by atoms with Gasteiger partial charge in [0.05, 0.1) is 12.2 Å². The Morgan fingerprint density at radius 2 is 2.00 bits per heavy atom. The Balaban J connectivity index is 2.43. The number of piperidine rings is 1. The molecule has 13 heavy (non-hydrogen) atoms. The average molecular weight is 208 g/mol. The number of halogens is 1. The normalized spacial score (nSPS) is 21.6. The highest BCUT2D eigenvalue weighted by atomic mass is 35.5. The predicted octanol–water partition coefficient (Wildman–Crippen LogP) is -0.429. The lowest BCUT2D eigenvalue weighted by Crippen LogP contribution is -2.48. The molecule has 0 saturated carbocycles. The molecule has 1 amide bonds. The van der Waals surface area contributed by atoms with Gasteiger partial charge in [-0.05, 0) is 12.8 Å². The lowest BCUT2D eigenvalue weighted by molar-refractivity contribution is -0.134. The van der Waals surface area contributed by atoms with Gasteiger partial charge in [0.1, 0.15) is 5.88 Å². The summed E-state index contributed by atoms with van der Waals surface area (Å²) in [4.78, 5) is 12.7. The van der Waals surface area contributed by atoms with Crippen molar-refractivity contribution < 1.29 is 15.0 Å². The second-order valence-electron chi connectivity index (χ2n) is 3.40. The summed E-state index contributed by atoms with van der Waals surface area (Å²) < 4.78 is 0. The van der Waals surface area contributed by atoms with Crippen LogP contribution in [0.2, 0.25) is 0 Å². The Kier molecular flexibility index (Phi) is 3.53. The molecule has 2 N–H and O–H groups in total. The molecule has 0 spiro atoms. The van der Waals surface area contributed by atoms with E-state index in [9.17, 15) is 9.90 Å². The number of hydrogen-bond donors (Lipinski definition) is 2. The second-order valence-corrected chi connectivity index (χ2v) is 3.66. The van der Waals surface area contributed by atoms with Gasteiger partial charge in [-0.1, -0.05) is 0 Å². The Labute approximate surface area is 82.1 Å². The number of likely N-dealkylation sites (tertiary alicyclic amines) is 1. The SMILES string of the molecule is O=C(CCl)N1CCC(O)(CO)CC1. The maximum absolute atomic E-state index is 11.1. The molecule has 4 nitrogen and oxygen atoms in total. The van der Waals surface area contributed by atoms with Gasteiger partial charge in [0, 0.05) is 13.1 Å². The number of alkyl halides is 1. The molecule has 0 atom stereocenters. The van der Waals surface area contributed by atoms with E-state index >= 15 is 0 Å². The third-order valence-electron chi connectivity index (χ3n) is 2.46. The summed E-state index contributed by atoms with van der Waals surface area (Å²) in [5.74, 6) is -0.126. The third kappa shape index (κ3) is 2.56. The van der Waals surface area contributed by atoms with E-state index in [1.165, 1.54) is 0 Å². The molecular formula is C8H14ClNO3. The lowest BCUT2D eigenvalue weighted by Gasteiger charge is -2.36. The van der Waals surface area contributed by atoms with Crippen LogP contribution in [0.15, 0.2) is 0 Å². The van der Waals surface area contributed by atoms with Gasteiger partial charge in [0.2, 0.25) is 5.91 Å². The lowest BCUT2D eigenvalue weighted by atomic mass is 9.92. The average Bonchev–Trinajstić information content (AvgIpc) is 2.18. The fourth-order valence-corrected chi connectivity index (χ4v) is 1.58. The van der Waals surface area contributed by atoms with E-state index in [2.05, 4.69) is 0 Å². The molecule has 1 fully saturated rings. The van der Waals surface area contributed by atoms with E-state index < -0.39 is 5.60 Å². The highest BCUT2D eigenvalue weighted by molar-refractivity contribution is 6.27. The van der Waals surface area contributed by atoms with E-state index in [4.69, 9.17) is 16.7 Å². The maximum atomic E-state index is 11.1. The van der Waals surface area contributed by atoms with Crippen LogP contribution in [0.4, 0.5) is 0 Å². The quantitative estimate of drug-likeness (QED) is 0.605. The molecule has 1 saturated heterocycles. The predicted molar refractivity (Wildman–Crippen MR) is 48.6 cm³/mol. The van der Waals surface area contributed by atoms with Crippen LogP contribution in [0.25, 0.3) is 0 Å². The largest absolute Gasteiger partial charge is 0.393 e. The fourth-order valence-electron chi connectivity index (χ4n) is 1.41. The van der Waals surface area contributed by atoms with Gasteiger partial charge in [-0.25, -0.2) is 0 Å². The molecule has 0 aromatic rings. The van der Waals surface area contributed by atoms with Crippen molar-refractivity contribution in [3.8, 4) is 0 Å². The van der Waals surface area contributed by atoms with Crippen LogP contribution < -0.4 is 0 Å². The Bertz CT molecular complexity index is 190. The minimum absolute atomic E-state index is 0.0163. The zero-order valence-corrected chi connectivity index (χ0v) is 8.13. The van der Waals surface area contributed by atoms with Crippen molar-refractivity contribution in [2.75, 3.05) is 25.6 Å². The van der Waals surface area contributed by atoms with Crippen molar-refractivity contribution in [2.45, 2.75) is 18.4 Å². The van der Waals surface area contributed by atoms with E-state index in [0.717, 1.165) is 0 Å². The summed E-state index contributed by atoms with van der Waals surface area (Å²) >= 11 is 5.39. The summed E-state index contributed by atoms with van der Waals surface area (Å²) in [7, 11) is 0. The van der Waals surface area contributed by atoms with Crippen LogP contribution >= 0.6 is 11.6 Å². The number of hydrogen-bond acceptors (Lipinski definition) is 3. The molecule has 0 unspecified atom stereocenters. The second kappa shape index (κ2) is 4.26. The Morgan fingerprint density at radius 1 is 1.46 bits per heavy atom. The first kappa shape index (κ1) is 10.8. The van der Waals surface area contributed by atoms with Gasteiger partial charge < -0.3 is 15.1 Å². The van der Waals surface area contributed by atoms with Crippen molar-refractivity contribution in [1.29, 1.82) is 0 Å². The van der Waals surface area contributed by atoms with Gasteiger partial charge in [-0.15, -0.1) is 11.6 Å².